The number of benzene rings is 3. The average Bonchev–Trinajstić information content (AvgIpc) is 3.44. The zero-order valence-corrected chi connectivity index (χ0v) is 16.8. The number of nitrogens with zero attached hydrogens (tertiary/aromatic N) is 3. The molecule has 5 heteroatoms. The monoisotopic (exact) mass is 404 g/mol. The van der Waals surface area contributed by atoms with Gasteiger partial charge in [-0.3, -0.25) is 9.55 Å². The van der Waals surface area contributed by atoms with E-state index >= 15 is 0 Å². The van der Waals surface area contributed by atoms with Crippen LogP contribution in [0.4, 0.5) is 0 Å². The summed E-state index contributed by atoms with van der Waals surface area (Å²) in [6, 6.07) is 24.8. The molecule has 2 N–H and O–H groups in total. The smallest absolute Gasteiger partial charge is 0.135 e. The number of hydrogen-bond acceptors (Lipinski definition) is 4. The molecule has 0 saturated carbocycles. The third kappa shape index (κ3) is 2.98. The van der Waals surface area contributed by atoms with Gasteiger partial charge in [-0.15, -0.1) is 0 Å². The number of furan rings is 1. The van der Waals surface area contributed by atoms with Crippen molar-refractivity contribution >= 4 is 32.9 Å². The molecular weight excluding hydrogens is 384 g/mol. The molecule has 0 spiro atoms. The summed E-state index contributed by atoms with van der Waals surface area (Å²) in [5.41, 5.74) is 12.7. The lowest BCUT2D eigenvalue weighted by atomic mass is 10.1. The van der Waals surface area contributed by atoms with Gasteiger partial charge in [0.1, 0.15) is 23.2 Å². The number of fused-ring (bicyclic) bond motifs is 4. The lowest BCUT2D eigenvalue weighted by Crippen LogP contribution is -2.02. The Kier molecular flexibility index (Phi) is 4.08. The van der Waals surface area contributed by atoms with Crippen LogP contribution in [0.3, 0.4) is 0 Å². The number of imidazole rings is 1. The molecule has 0 aliphatic carbocycles. The highest BCUT2D eigenvalue weighted by Gasteiger charge is 2.13. The normalized spacial score (nSPS) is 11.6. The molecule has 31 heavy (non-hydrogen) atoms. The minimum absolute atomic E-state index is 0.647. The molecule has 0 saturated heterocycles. The molecule has 150 valence electrons. The second kappa shape index (κ2) is 7.07. The summed E-state index contributed by atoms with van der Waals surface area (Å²) >= 11 is 0. The minimum Gasteiger partial charge on any atom is -0.456 e. The molecular formula is C26H20N4O. The van der Waals surface area contributed by atoms with E-state index in [0.29, 0.717) is 6.54 Å². The van der Waals surface area contributed by atoms with Crippen LogP contribution in [-0.2, 0) is 6.42 Å². The Morgan fingerprint density at radius 3 is 2.58 bits per heavy atom. The summed E-state index contributed by atoms with van der Waals surface area (Å²) in [6.07, 6.45) is 4.56. The summed E-state index contributed by atoms with van der Waals surface area (Å²) in [5.74, 6) is 0.845. The highest BCUT2D eigenvalue weighted by atomic mass is 16.3. The fraction of sp³-hybridized carbons (Fsp3) is 0.0769. The molecule has 0 atom stereocenters. The van der Waals surface area contributed by atoms with Gasteiger partial charge < -0.3 is 10.2 Å². The van der Waals surface area contributed by atoms with E-state index in [1.807, 2.05) is 36.8 Å². The largest absolute Gasteiger partial charge is 0.456 e. The lowest BCUT2D eigenvalue weighted by molar-refractivity contribution is 0.631. The van der Waals surface area contributed by atoms with E-state index in [2.05, 4.69) is 63.1 Å². The van der Waals surface area contributed by atoms with E-state index in [4.69, 9.17) is 10.2 Å². The highest BCUT2D eigenvalue weighted by molar-refractivity contribution is 6.04. The van der Waals surface area contributed by atoms with Crippen LogP contribution in [0.1, 0.15) is 5.56 Å². The molecule has 6 rings (SSSR count). The van der Waals surface area contributed by atoms with Crippen molar-refractivity contribution in [3.63, 3.8) is 0 Å². The van der Waals surface area contributed by atoms with Gasteiger partial charge in [0.25, 0.3) is 0 Å². The second-order valence-electron chi connectivity index (χ2n) is 7.69. The van der Waals surface area contributed by atoms with E-state index in [0.717, 1.165) is 56.3 Å². The number of hydrogen-bond donors (Lipinski definition) is 1. The van der Waals surface area contributed by atoms with Crippen molar-refractivity contribution in [1.82, 2.24) is 14.5 Å². The number of pyridine rings is 1. The second-order valence-corrected chi connectivity index (χ2v) is 7.69. The topological polar surface area (TPSA) is 69.9 Å². The molecule has 0 bridgehead atoms. The van der Waals surface area contributed by atoms with Gasteiger partial charge in [-0.25, -0.2) is 4.98 Å². The Bertz CT molecular complexity index is 1510. The summed E-state index contributed by atoms with van der Waals surface area (Å²) in [7, 11) is 0. The van der Waals surface area contributed by atoms with Crippen molar-refractivity contribution in [3.05, 3.63) is 90.9 Å². The Morgan fingerprint density at radius 1 is 0.871 bits per heavy atom. The Hall–Kier alpha value is -3.96. The molecule has 0 fully saturated rings. The number of aromatic nitrogens is 3. The van der Waals surface area contributed by atoms with Crippen LogP contribution in [0.2, 0.25) is 0 Å². The zero-order chi connectivity index (χ0) is 20.8. The Balaban J connectivity index is 1.54. The maximum atomic E-state index is 6.09. The van der Waals surface area contributed by atoms with Gasteiger partial charge >= 0.3 is 0 Å². The molecule has 3 heterocycles. The molecule has 3 aromatic carbocycles. The van der Waals surface area contributed by atoms with E-state index in [1.165, 1.54) is 5.56 Å². The SMILES string of the molecule is NCCc1ccc(-n2cnc3cnc4ccc(-c5cc6ccccc6o5)cc4c32)cc1. The number of nitrogens with two attached hydrogens (primary N) is 1. The molecule has 0 unspecified atom stereocenters. The summed E-state index contributed by atoms with van der Waals surface area (Å²) in [5, 5.41) is 2.13. The molecule has 0 radical (unpaired) electrons. The van der Waals surface area contributed by atoms with Crippen LogP contribution >= 0.6 is 0 Å². The zero-order valence-electron chi connectivity index (χ0n) is 16.8. The third-order valence-electron chi connectivity index (χ3n) is 5.73. The maximum Gasteiger partial charge on any atom is 0.135 e. The van der Waals surface area contributed by atoms with Crippen molar-refractivity contribution in [2.24, 2.45) is 5.73 Å². The predicted octanol–water partition coefficient (Wildman–Crippen LogP) is 5.49. The fourth-order valence-corrected chi connectivity index (χ4v) is 4.16. The summed E-state index contributed by atoms with van der Waals surface area (Å²) in [4.78, 5) is 9.21. The van der Waals surface area contributed by atoms with Crippen molar-refractivity contribution < 1.29 is 4.42 Å². The summed E-state index contributed by atoms with van der Waals surface area (Å²) < 4.78 is 8.21. The van der Waals surface area contributed by atoms with Crippen molar-refractivity contribution in [3.8, 4) is 17.0 Å². The van der Waals surface area contributed by atoms with Crippen LogP contribution in [0, 0.1) is 0 Å². The van der Waals surface area contributed by atoms with E-state index in [9.17, 15) is 0 Å². The van der Waals surface area contributed by atoms with Crippen LogP contribution in [0.15, 0.2) is 89.7 Å². The van der Waals surface area contributed by atoms with Gasteiger partial charge in [-0.05, 0) is 61.0 Å². The molecule has 0 amide bonds. The minimum atomic E-state index is 0.647. The number of para-hydroxylation sites is 1. The highest BCUT2D eigenvalue weighted by Crippen LogP contribution is 2.32. The van der Waals surface area contributed by atoms with Gasteiger partial charge in [0, 0.05) is 22.0 Å². The van der Waals surface area contributed by atoms with Crippen molar-refractivity contribution in [2.45, 2.75) is 6.42 Å². The molecule has 0 aliphatic heterocycles. The van der Waals surface area contributed by atoms with Gasteiger partial charge in [-0.1, -0.05) is 30.3 Å². The fourth-order valence-electron chi connectivity index (χ4n) is 4.16. The van der Waals surface area contributed by atoms with Crippen LogP contribution in [0.25, 0.3) is 49.9 Å². The van der Waals surface area contributed by atoms with Gasteiger partial charge in [0.2, 0.25) is 0 Å². The van der Waals surface area contributed by atoms with Crippen molar-refractivity contribution in [2.75, 3.05) is 6.54 Å². The van der Waals surface area contributed by atoms with Crippen molar-refractivity contribution in [1.29, 1.82) is 0 Å². The van der Waals surface area contributed by atoms with E-state index in [-0.39, 0.29) is 0 Å². The molecule has 5 nitrogen and oxygen atoms in total. The first-order chi connectivity index (χ1) is 15.3. The van der Waals surface area contributed by atoms with Crippen LogP contribution in [-0.4, -0.2) is 21.1 Å². The first-order valence-corrected chi connectivity index (χ1v) is 10.3. The lowest BCUT2D eigenvalue weighted by Gasteiger charge is -2.08. The van der Waals surface area contributed by atoms with Gasteiger partial charge in [0.15, 0.2) is 0 Å². The van der Waals surface area contributed by atoms with Crippen LogP contribution in [0.5, 0.6) is 0 Å². The van der Waals surface area contributed by atoms with Gasteiger partial charge in [0.05, 0.1) is 17.2 Å². The standard InChI is InChI=1S/C26H20N4O/c27-12-11-17-5-8-20(9-6-17)30-16-29-23-15-28-22-10-7-19(13-21(22)26(23)30)25-14-18-3-1-2-4-24(18)31-25/h1-10,13-16H,11-12,27H2. The average molecular weight is 404 g/mol. The first kappa shape index (κ1) is 17.9. The van der Waals surface area contributed by atoms with E-state index < -0.39 is 0 Å². The van der Waals surface area contributed by atoms with Gasteiger partial charge in [-0.2, -0.15) is 0 Å². The Labute approximate surface area is 178 Å². The maximum absolute atomic E-state index is 6.09. The Morgan fingerprint density at radius 2 is 1.74 bits per heavy atom. The summed E-state index contributed by atoms with van der Waals surface area (Å²) in [6.45, 7) is 0.647. The first-order valence-electron chi connectivity index (χ1n) is 10.3. The quantitative estimate of drug-likeness (QED) is 0.422. The molecule has 0 aliphatic rings. The number of rotatable bonds is 4. The van der Waals surface area contributed by atoms with E-state index in [1.54, 1.807) is 0 Å². The molecule has 3 aromatic heterocycles. The van der Waals surface area contributed by atoms with Crippen LogP contribution < -0.4 is 5.73 Å². The third-order valence-corrected chi connectivity index (χ3v) is 5.73. The predicted molar refractivity (Wildman–Crippen MR) is 124 cm³/mol. The molecule has 6 aromatic rings.